The van der Waals surface area contributed by atoms with E-state index in [1.807, 2.05) is 12.1 Å². The molecule has 8 heteroatoms. The summed E-state index contributed by atoms with van der Waals surface area (Å²) in [5.41, 5.74) is 1.26. The van der Waals surface area contributed by atoms with Gasteiger partial charge in [-0.05, 0) is 30.3 Å². The van der Waals surface area contributed by atoms with Crippen molar-refractivity contribution >= 4 is 23.2 Å². The molecular weight excluding hydrogens is 356 g/mol. The number of aromatic nitrogens is 3. The van der Waals surface area contributed by atoms with E-state index in [1.54, 1.807) is 42.5 Å². The van der Waals surface area contributed by atoms with Gasteiger partial charge in [-0.3, -0.25) is 9.78 Å². The Labute approximate surface area is 154 Å². The van der Waals surface area contributed by atoms with Crippen molar-refractivity contribution in [3.8, 4) is 17.3 Å². The molecule has 0 spiro atoms. The molecule has 1 atom stereocenters. The molecule has 26 heavy (non-hydrogen) atoms. The van der Waals surface area contributed by atoms with Gasteiger partial charge in [0.05, 0.1) is 18.7 Å². The number of ether oxygens (including phenoxy) is 1. The second-order valence-corrected chi connectivity index (χ2v) is 6.33. The fourth-order valence-corrected chi connectivity index (χ4v) is 3.15. The maximum Gasteiger partial charge on any atom is 0.232 e. The Hall–Kier alpha value is -2.93. The van der Waals surface area contributed by atoms with Crippen LogP contribution in [0.3, 0.4) is 0 Å². The van der Waals surface area contributed by atoms with Gasteiger partial charge < -0.3 is 14.2 Å². The minimum Gasteiger partial charge on any atom is -0.495 e. The van der Waals surface area contributed by atoms with Gasteiger partial charge in [-0.15, -0.1) is 0 Å². The van der Waals surface area contributed by atoms with Crippen LogP contribution in [0.4, 0.5) is 5.69 Å². The Morgan fingerprint density at radius 1 is 1.31 bits per heavy atom. The monoisotopic (exact) mass is 370 g/mol. The quantitative estimate of drug-likeness (QED) is 0.700. The molecule has 1 aliphatic heterocycles. The van der Waals surface area contributed by atoms with Crippen LogP contribution in [0.25, 0.3) is 11.5 Å². The van der Waals surface area contributed by atoms with Crippen molar-refractivity contribution in [3.05, 3.63) is 53.5 Å². The summed E-state index contributed by atoms with van der Waals surface area (Å²) in [7, 11) is 1.56. The number of hydrogen-bond acceptors (Lipinski definition) is 6. The Morgan fingerprint density at radius 3 is 2.96 bits per heavy atom. The van der Waals surface area contributed by atoms with Gasteiger partial charge in [0.15, 0.2) is 0 Å². The molecule has 3 heterocycles. The zero-order chi connectivity index (χ0) is 18.1. The average Bonchev–Trinajstić information content (AvgIpc) is 3.29. The summed E-state index contributed by atoms with van der Waals surface area (Å²) in [5.74, 6) is 1.17. The van der Waals surface area contributed by atoms with Crippen LogP contribution in [0, 0.1) is 0 Å². The number of benzene rings is 1. The van der Waals surface area contributed by atoms with E-state index < -0.39 is 0 Å². The van der Waals surface area contributed by atoms with E-state index in [1.165, 1.54) is 0 Å². The lowest BCUT2D eigenvalue weighted by atomic mass is 10.1. The first-order valence-electron chi connectivity index (χ1n) is 8.04. The van der Waals surface area contributed by atoms with Crippen molar-refractivity contribution in [1.29, 1.82) is 0 Å². The highest BCUT2D eigenvalue weighted by molar-refractivity contribution is 6.31. The van der Waals surface area contributed by atoms with Gasteiger partial charge in [0.25, 0.3) is 0 Å². The van der Waals surface area contributed by atoms with Crippen LogP contribution in [-0.2, 0) is 4.79 Å². The van der Waals surface area contributed by atoms with Crippen LogP contribution >= 0.6 is 11.6 Å². The molecule has 4 rings (SSSR count). The van der Waals surface area contributed by atoms with Gasteiger partial charge in [0.1, 0.15) is 11.4 Å². The lowest BCUT2D eigenvalue weighted by Crippen LogP contribution is -2.24. The number of amides is 1. The highest BCUT2D eigenvalue weighted by atomic mass is 35.5. The minimum absolute atomic E-state index is 0.0480. The zero-order valence-electron chi connectivity index (χ0n) is 13.9. The number of hydrogen-bond donors (Lipinski definition) is 0. The highest BCUT2D eigenvalue weighted by Crippen LogP contribution is 2.37. The minimum atomic E-state index is -0.198. The Kier molecular flexibility index (Phi) is 4.30. The Bertz CT molecular complexity index is 945. The third-order valence-electron chi connectivity index (χ3n) is 4.24. The molecule has 0 N–H and O–H groups in total. The summed E-state index contributed by atoms with van der Waals surface area (Å²) in [6.45, 7) is 0.416. The first-order valence-corrected chi connectivity index (χ1v) is 8.42. The zero-order valence-corrected chi connectivity index (χ0v) is 14.7. The van der Waals surface area contributed by atoms with Gasteiger partial charge in [0.2, 0.25) is 17.6 Å². The molecule has 7 nitrogen and oxygen atoms in total. The maximum absolute atomic E-state index is 12.5. The number of pyridine rings is 1. The topological polar surface area (TPSA) is 81.3 Å². The van der Waals surface area contributed by atoms with Crippen molar-refractivity contribution in [1.82, 2.24) is 15.1 Å². The van der Waals surface area contributed by atoms with E-state index in [0.717, 1.165) is 0 Å². The molecule has 2 aromatic heterocycles. The van der Waals surface area contributed by atoms with Gasteiger partial charge in [-0.25, -0.2) is 0 Å². The fourth-order valence-electron chi connectivity index (χ4n) is 2.98. The lowest BCUT2D eigenvalue weighted by Gasteiger charge is -2.19. The van der Waals surface area contributed by atoms with Gasteiger partial charge in [-0.2, -0.15) is 4.98 Å². The molecule has 0 bridgehead atoms. The van der Waals surface area contributed by atoms with Gasteiger partial charge >= 0.3 is 0 Å². The van der Waals surface area contributed by atoms with Crippen LogP contribution in [-0.4, -0.2) is 34.7 Å². The molecule has 0 unspecified atom stereocenters. The van der Waals surface area contributed by atoms with E-state index in [9.17, 15) is 4.79 Å². The Morgan fingerprint density at radius 2 is 2.19 bits per heavy atom. The second kappa shape index (κ2) is 6.76. The van der Waals surface area contributed by atoms with E-state index in [-0.39, 0.29) is 18.2 Å². The smallest absolute Gasteiger partial charge is 0.232 e. The highest BCUT2D eigenvalue weighted by Gasteiger charge is 2.36. The van der Waals surface area contributed by atoms with Crippen LogP contribution < -0.4 is 9.64 Å². The third-order valence-corrected chi connectivity index (χ3v) is 4.48. The van der Waals surface area contributed by atoms with Crippen molar-refractivity contribution in [3.63, 3.8) is 0 Å². The predicted octanol–water partition coefficient (Wildman–Crippen LogP) is 3.31. The number of anilines is 1. The second-order valence-electron chi connectivity index (χ2n) is 5.89. The maximum atomic E-state index is 12.5. The van der Waals surface area contributed by atoms with E-state index in [4.69, 9.17) is 20.9 Å². The Balaban J connectivity index is 1.59. The number of carbonyl (C=O) groups is 1. The first-order chi connectivity index (χ1) is 12.7. The normalized spacial score (nSPS) is 16.9. The summed E-state index contributed by atoms with van der Waals surface area (Å²) in [5, 5.41) is 4.51. The van der Waals surface area contributed by atoms with Gasteiger partial charge in [-0.1, -0.05) is 22.8 Å². The van der Waals surface area contributed by atoms with Crippen molar-refractivity contribution in [2.24, 2.45) is 0 Å². The number of carbonyl (C=O) groups excluding carboxylic acids is 1. The summed E-state index contributed by atoms with van der Waals surface area (Å²) in [6.07, 6.45) is 1.94. The largest absolute Gasteiger partial charge is 0.495 e. The van der Waals surface area contributed by atoms with Crippen LogP contribution in [0.1, 0.15) is 18.2 Å². The number of methoxy groups -OCH3 is 1. The van der Waals surface area contributed by atoms with Gasteiger partial charge in [0, 0.05) is 24.2 Å². The van der Waals surface area contributed by atoms with Crippen LogP contribution in [0.2, 0.25) is 5.02 Å². The standard InChI is InChI=1S/C18H15ClN4O3/c1-25-15-6-5-12(19)9-14(15)23-10-11(8-16(23)24)18-21-17(22-26-18)13-4-2-3-7-20-13/h2-7,9,11H,8,10H2,1H3/t11-/m0/s1. The molecule has 1 aliphatic rings. The van der Waals surface area contributed by atoms with Crippen molar-refractivity contribution in [2.45, 2.75) is 12.3 Å². The van der Waals surface area contributed by atoms with Crippen LogP contribution in [0.15, 0.2) is 47.1 Å². The molecular formula is C18H15ClN4O3. The first kappa shape index (κ1) is 16.5. The number of rotatable bonds is 4. The summed E-state index contributed by atoms with van der Waals surface area (Å²) in [4.78, 5) is 22.8. The van der Waals surface area contributed by atoms with E-state index in [0.29, 0.717) is 40.4 Å². The predicted molar refractivity (Wildman–Crippen MR) is 95.2 cm³/mol. The SMILES string of the molecule is COc1ccc(Cl)cc1N1C[C@@H](c2nc(-c3ccccn3)no2)CC1=O. The molecule has 1 saturated heterocycles. The number of halogens is 1. The molecule has 1 amide bonds. The molecule has 1 aromatic carbocycles. The summed E-state index contributed by atoms with van der Waals surface area (Å²) < 4.78 is 10.7. The lowest BCUT2D eigenvalue weighted by molar-refractivity contribution is -0.117. The third kappa shape index (κ3) is 3.01. The molecule has 0 saturated carbocycles. The summed E-state index contributed by atoms with van der Waals surface area (Å²) in [6, 6.07) is 10.6. The fraction of sp³-hybridized carbons (Fsp3) is 0.222. The molecule has 0 aliphatic carbocycles. The van der Waals surface area contributed by atoms with Crippen molar-refractivity contribution in [2.75, 3.05) is 18.6 Å². The van der Waals surface area contributed by atoms with E-state index in [2.05, 4.69) is 15.1 Å². The van der Waals surface area contributed by atoms with E-state index >= 15 is 0 Å². The number of nitrogens with zero attached hydrogens (tertiary/aromatic N) is 4. The average molecular weight is 371 g/mol. The molecule has 0 radical (unpaired) electrons. The van der Waals surface area contributed by atoms with Crippen LogP contribution in [0.5, 0.6) is 5.75 Å². The molecule has 132 valence electrons. The molecule has 3 aromatic rings. The molecule has 1 fully saturated rings. The van der Waals surface area contributed by atoms with Crippen molar-refractivity contribution < 1.29 is 14.1 Å². The summed E-state index contributed by atoms with van der Waals surface area (Å²) >= 11 is 6.08.